The highest BCUT2D eigenvalue weighted by Gasteiger charge is 2.11. The van der Waals surface area contributed by atoms with Gasteiger partial charge in [-0.25, -0.2) is 4.98 Å². The predicted octanol–water partition coefficient (Wildman–Crippen LogP) is 2.44. The van der Waals surface area contributed by atoms with Crippen molar-refractivity contribution in [3.63, 3.8) is 0 Å². The summed E-state index contributed by atoms with van der Waals surface area (Å²) in [6.07, 6.45) is 5.17. The number of nitrogens with zero attached hydrogens (tertiary/aromatic N) is 2. The number of anilines is 1. The molecule has 2 rings (SSSR count). The van der Waals surface area contributed by atoms with E-state index in [4.69, 9.17) is 11.6 Å². The molecule has 1 amide bonds. The van der Waals surface area contributed by atoms with Crippen LogP contribution in [0.4, 0.5) is 5.69 Å². The second-order valence-corrected chi connectivity index (χ2v) is 4.25. The fourth-order valence-electron chi connectivity index (χ4n) is 1.44. The molecule has 0 saturated heterocycles. The Hall–Kier alpha value is -1.81. The summed E-state index contributed by atoms with van der Waals surface area (Å²) in [5.41, 5.74) is 1.57. The molecular formula is C12H12ClN3O. The van der Waals surface area contributed by atoms with Crippen molar-refractivity contribution < 1.29 is 4.79 Å². The van der Waals surface area contributed by atoms with Gasteiger partial charge >= 0.3 is 0 Å². The topological polar surface area (TPSA) is 46.9 Å². The zero-order chi connectivity index (χ0) is 12.3. The van der Waals surface area contributed by atoms with Crippen molar-refractivity contribution >= 4 is 23.2 Å². The summed E-state index contributed by atoms with van der Waals surface area (Å²) in [5, 5.41) is 2.21. The van der Waals surface area contributed by atoms with Crippen LogP contribution < -0.4 is 5.32 Å². The highest BCUT2D eigenvalue weighted by molar-refractivity contribution is 6.32. The summed E-state index contributed by atoms with van der Waals surface area (Å²) in [6.45, 7) is 1.64. The number of carbonyl (C=O) groups is 1. The Morgan fingerprint density at radius 3 is 2.88 bits per heavy atom. The Labute approximate surface area is 104 Å². The van der Waals surface area contributed by atoms with Gasteiger partial charge in [0.25, 0.3) is 0 Å². The molecule has 0 bridgehead atoms. The van der Waals surface area contributed by atoms with Crippen LogP contribution in [0.5, 0.6) is 0 Å². The van der Waals surface area contributed by atoms with Gasteiger partial charge in [-0.05, 0) is 19.1 Å². The number of para-hydroxylation sites is 2. The highest BCUT2D eigenvalue weighted by Crippen LogP contribution is 2.19. The van der Waals surface area contributed by atoms with Crippen molar-refractivity contribution in [3.8, 4) is 5.69 Å². The number of amides is 1. The molecule has 0 aliphatic rings. The van der Waals surface area contributed by atoms with Crippen molar-refractivity contribution in [1.29, 1.82) is 0 Å². The van der Waals surface area contributed by atoms with Gasteiger partial charge in [0.05, 0.1) is 17.7 Å². The van der Waals surface area contributed by atoms with Gasteiger partial charge in [0.1, 0.15) is 5.38 Å². The van der Waals surface area contributed by atoms with Crippen molar-refractivity contribution in [2.45, 2.75) is 12.3 Å². The van der Waals surface area contributed by atoms with Crippen LogP contribution in [0.3, 0.4) is 0 Å². The molecule has 1 aromatic carbocycles. The fourth-order valence-corrected chi connectivity index (χ4v) is 1.49. The lowest BCUT2D eigenvalue weighted by Crippen LogP contribution is -2.21. The van der Waals surface area contributed by atoms with Gasteiger partial charge in [-0.1, -0.05) is 12.1 Å². The summed E-state index contributed by atoms with van der Waals surface area (Å²) in [7, 11) is 0. The lowest BCUT2D eigenvalue weighted by molar-refractivity contribution is -0.115. The molecule has 17 heavy (non-hydrogen) atoms. The Morgan fingerprint density at radius 2 is 2.24 bits per heavy atom. The molecule has 1 atom stereocenters. The molecule has 0 saturated carbocycles. The number of alkyl halides is 1. The first-order chi connectivity index (χ1) is 8.18. The number of carbonyl (C=O) groups excluding carboxylic acids is 1. The molecule has 1 heterocycles. The van der Waals surface area contributed by atoms with Crippen LogP contribution in [-0.4, -0.2) is 20.8 Å². The molecule has 0 spiro atoms. The molecule has 88 valence electrons. The highest BCUT2D eigenvalue weighted by atomic mass is 35.5. The first kappa shape index (κ1) is 11.7. The molecule has 1 aromatic heterocycles. The summed E-state index contributed by atoms with van der Waals surface area (Å²) in [5.74, 6) is -0.223. The summed E-state index contributed by atoms with van der Waals surface area (Å²) < 4.78 is 1.83. The van der Waals surface area contributed by atoms with E-state index in [1.807, 2.05) is 35.0 Å². The molecular weight excluding hydrogens is 238 g/mol. The minimum atomic E-state index is -0.564. The van der Waals surface area contributed by atoms with Crippen LogP contribution in [0.15, 0.2) is 43.0 Å². The maximum absolute atomic E-state index is 11.6. The van der Waals surface area contributed by atoms with E-state index < -0.39 is 5.38 Å². The molecule has 5 heteroatoms. The second-order valence-electron chi connectivity index (χ2n) is 3.59. The van der Waals surface area contributed by atoms with Crippen LogP contribution in [0, 0.1) is 0 Å². The smallest absolute Gasteiger partial charge is 0.242 e. The molecule has 0 aliphatic carbocycles. The van der Waals surface area contributed by atoms with Crippen LogP contribution in [-0.2, 0) is 4.79 Å². The molecule has 0 fully saturated rings. The van der Waals surface area contributed by atoms with Crippen LogP contribution in [0.2, 0.25) is 0 Å². The molecule has 2 aromatic rings. The minimum Gasteiger partial charge on any atom is -0.323 e. The van der Waals surface area contributed by atoms with Gasteiger partial charge in [0.2, 0.25) is 5.91 Å². The van der Waals surface area contributed by atoms with Gasteiger partial charge in [-0.15, -0.1) is 11.6 Å². The molecule has 0 radical (unpaired) electrons. The number of aromatic nitrogens is 2. The Kier molecular flexibility index (Phi) is 3.44. The van der Waals surface area contributed by atoms with E-state index in [-0.39, 0.29) is 5.91 Å². The number of halogens is 1. The number of hydrogen-bond acceptors (Lipinski definition) is 2. The van der Waals surface area contributed by atoms with Crippen LogP contribution in [0.25, 0.3) is 5.69 Å². The van der Waals surface area contributed by atoms with Crippen LogP contribution in [0.1, 0.15) is 6.92 Å². The van der Waals surface area contributed by atoms with E-state index in [1.54, 1.807) is 19.4 Å². The SMILES string of the molecule is CC(Cl)C(=O)Nc1ccccc1-n1ccnc1. The van der Waals surface area contributed by atoms with E-state index >= 15 is 0 Å². The first-order valence-electron chi connectivity index (χ1n) is 5.21. The van der Waals surface area contributed by atoms with E-state index in [0.717, 1.165) is 5.69 Å². The Morgan fingerprint density at radius 1 is 1.47 bits per heavy atom. The summed E-state index contributed by atoms with van der Waals surface area (Å²) in [4.78, 5) is 15.5. The summed E-state index contributed by atoms with van der Waals surface area (Å²) >= 11 is 5.72. The largest absolute Gasteiger partial charge is 0.323 e. The van der Waals surface area contributed by atoms with Gasteiger partial charge < -0.3 is 9.88 Å². The Balaban J connectivity index is 2.32. The third-order valence-electron chi connectivity index (χ3n) is 2.31. The van der Waals surface area contributed by atoms with Crippen molar-refractivity contribution in [2.24, 2.45) is 0 Å². The number of hydrogen-bond donors (Lipinski definition) is 1. The van der Waals surface area contributed by atoms with Gasteiger partial charge in [-0.2, -0.15) is 0 Å². The van der Waals surface area contributed by atoms with E-state index in [1.165, 1.54) is 0 Å². The van der Waals surface area contributed by atoms with E-state index in [0.29, 0.717) is 5.69 Å². The van der Waals surface area contributed by atoms with Crippen molar-refractivity contribution in [3.05, 3.63) is 43.0 Å². The monoisotopic (exact) mass is 249 g/mol. The van der Waals surface area contributed by atoms with Gasteiger partial charge in [0, 0.05) is 12.4 Å². The third kappa shape index (κ3) is 2.65. The number of imidazole rings is 1. The molecule has 0 aliphatic heterocycles. The maximum atomic E-state index is 11.6. The third-order valence-corrected chi connectivity index (χ3v) is 2.50. The van der Waals surface area contributed by atoms with Crippen molar-refractivity contribution in [1.82, 2.24) is 9.55 Å². The quantitative estimate of drug-likeness (QED) is 0.850. The zero-order valence-electron chi connectivity index (χ0n) is 9.30. The van der Waals surface area contributed by atoms with E-state index in [9.17, 15) is 4.79 Å². The molecule has 1 unspecified atom stereocenters. The standard InChI is InChI=1S/C12H12ClN3O/c1-9(13)12(17)15-10-4-2-3-5-11(10)16-7-6-14-8-16/h2-9H,1H3,(H,15,17). The van der Waals surface area contributed by atoms with Gasteiger partial charge in [0.15, 0.2) is 0 Å². The first-order valence-corrected chi connectivity index (χ1v) is 5.64. The molecule has 4 nitrogen and oxygen atoms in total. The maximum Gasteiger partial charge on any atom is 0.242 e. The fraction of sp³-hybridized carbons (Fsp3) is 0.167. The van der Waals surface area contributed by atoms with E-state index in [2.05, 4.69) is 10.3 Å². The lowest BCUT2D eigenvalue weighted by atomic mass is 10.2. The summed E-state index contributed by atoms with van der Waals surface area (Å²) in [6, 6.07) is 7.48. The number of nitrogens with one attached hydrogen (secondary N) is 1. The molecule has 1 N–H and O–H groups in total. The number of rotatable bonds is 3. The lowest BCUT2D eigenvalue weighted by Gasteiger charge is -2.12. The van der Waals surface area contributed by atoms with Crippen LogP contribution >= 0.6 is 11.6 Å². The normalized spacial score (nSPS) is 12.1. The minimum absolute atomic E-state index is 0.223. The second kappa shape index (κ2) is 5.01. The predicted molar refractivity (Wildman–Crippen MR) is 67.5 cm³/mol. The Bertz CT molecular complexity index is 508. The van der Waals surface area contributed by atoms with Gasteiger partial charge in [-0.3, -0.25) is 4.79 Å². The zero-order valence-corrected chi connectivity index (χ0v) is 10.1. The average molecular weight is 250 g/mol. The van der Waals surface area contributed by atoms with Crippen molar-refractivity contribution in [2.75, 3.05) is 5.32 Å². The number of benzene rings is 1. The average Bonchev–Trinajstić information content (AvgIpc) is 2.83.